The molecule has 0 saturated heterocycles. The first kappa shape index (κ1) is 30.4. The van der Waals surface area contributed by atoms with Crippen molar-refractivity contribution < 1.29 is 48.2 Å². The number of ether oxygens (including phenoxy) is 2. The number of rotatable bonds is 19. The zero-order valence-electron chi connectivity index (χ0n) is 20.3. The summed E-state index contributed by atoms with van der Waals surface area (Å²) in [5, 5.41) is 20.2. The van der Waals surface area contributed by atoms with Crippen LogP contribution >= 0.6 is 7.82 Å². The van der Waals surface area contributed by atoms with Gasteiger partial charge in [-0.1, -0.05) is 84.5 Å². The van der Waals surface area contributed by atoms with Crippen molar-refractivity contribution in [2.75, 3.05) is 6.61 Å². The van der Waals surface area contributed by atoms with Crippen molar-refractivity contribution in [1.29, 1.82) is 0 Å². The lowest BCUT2D eigenvalue weighted by atomic mass is 9.94. The monoisotopic (exact) mass is 508 g/mol. The summed E-state index contributed by atoms with van der Waals surface area (Å²) in [6.45, 7) is 3.74. The van der Waals surface area contributed by atoms with Gasteiger partial charge in [0.1, 0.15) is 12.7 Å². The van der Waals surface area contributed by atoms with Crippen molar-refractivity contribution in [2.24, 2.45) is 5.92 Å². The maximum absolute atomic E-state index is 12.7. The van der Waals surface area contributed by atoms with Crippen LogP contribution < -0.4 is 0 Å². The van der Waals surface area contributed by atoms with E-state index in [9.17, 15) is 24.4 Å². The second kappa shape index (κ2) is 16.1. The summed E-state index contributed by atoms with van der Waals surface area (Å²) >= 11 is 0. The average molecular weight is 509 g/mol. The highest BCUT2D eigenvalue weighted by Gasteiger charge is 2.43. The summed E-state index contributed by atoms with van der Waals surface area (Å²) in [6.07, 6.45) is 10.2. The van der Waals surface area contributed by atoms with E-state index >= 15 is 0 Å². The van der Waals surface area contributed by atoms with Crippen LogP contribution in [0.2, 0.25) is 0 Å². The van der Waals surface area contributed by atoms with Crippen molar-refractivity contribution in [3.63, 3.8) is 0 Å². The minimum atomic E-state index is -5.11. The highest BCUT2D eigenvalue weighted by Crippen LogP contribution is 2.42. The second-order valence-corrected chi connectivity index (χ2v) is 9.94. The summed E-state index contributed by atoms with van der Waals surface area (Å²) < 4.78 is 25.0. The Bertz CT molecular complexity index is 702. The topological polar surface area (TPSA) is 160 Å². The van der Waals surface area contributed by atoms with Gasteiger partial charge < -0.3 is 24.2 Å². The number of aliphatic hydroxyl groups is 2. The highest BCUT2D eigenvalue weighted by atomic mass is 31.2. The van der Waals surface area contributed by atoms with Crippen molar-refractivity contribution in [3.8, 4) is 0 Å². The van der Waals surface area contributed by atoms with Gasteiger partial charge in [0.25, 0.3) is 5.76 Å². The largest absolute Gasteiger partial charge is 0.525 e. The molecule has 1 aliphatic heterocycles. The fourth-order valence-electron chi connectivity index (χ4n) is 3.84. The van der Waals surface area contributed by atoms with Gasteiger partial charge in [0.15, 0.2) is 11.9 Å². The van der Waals surface area contributed by atoms with E-state index in [0.717, 1.165) is 44.9 Å². The van der Waals surface area contributed by atoms with Crippen molar-refractivity contribution >= 4 is 19.8 Å². The number of phosphoric ester groups is 1. The van der Waals surface area contributed by atoms with Gasteiger partial charge in [-0.05, 0) is 12.8 Å². The zero-order chi connectivity index (χ0) is 25.6. The summed E-state index contributed by atoms with van der Waals surface area (Å²) in [7, 11) is -5.11. The molecule has 0 spiro atoms. The summed E-state index contributed by atoms with van der Waals surface area (Å²) in [5.74, 6) is -4.12. The fourth-order valence-corrected chi connectivity index (χ4v) is 4.25. The number of hydrogen-bond acceptors (Lipinski definition) is 8. The lowest BCUT2D eigenvalue weighted by molar-refractivity contribution is -0.158. The Hall–Kier alpha value is -1.61. The molecule has 0 amide bonds. The minimum Gasteiger partial charge on any atom is -0.505 e. The highest BCUT2D eigenvalue weighted by molar-refractivity contribution is 7.46. The number of carbonyl (C=O) groups is 2. The van der Waals surface area contributed by atoms with Gasteiger partial charge in [0, 0.05) is 0 Å². The first-order chi connectivity index (χ1) is 16.1. The normalized spacial score (nSPS) is 18.0. The molecule has 4 N–H and O–H groups in total. The SMILES string of the molecule is CCCCCCCCCC(CCCCCC)C(=O)OC[C@H](O)C1OC(=O)C(OP(=O)(O)O)=C1O. The molecular formula is C23H41O10P. The maximum atomic E-state index is 12.7. The molecular weight excluding hydrogens is 467 g/mol. The first-order valence-corrected chi connectivity index (χ1v) is 13.9. The standard InChI is InChI=1S/C23H41O10P/c1-3-5-7-9-10-11-13-15-17(14-12-8-6-4-2)22(26)31-16-18(24)20-19(25)21(23(27)32-20)33-34(28,29)30/h17-18,20,24-25H,3-16H2,1-2H3,(H2,28,29,30)/t17?,18-,20?/m0/s1. The molecule has 3 atom stereocenters. The number of carbonyl (C=O) groups excluding carboxylic acids is 2. The van der Waals surface area contributed by atoms with E-state index < -0.39 is 50.1 Å². The lowest BCUT2D eigenvalue weighted by Crippen LogP contribution is -2.34. The van der Waals surface area contributed by atoms with E-state index in [1.165, 1.54) is 25.7 Å². The molecule has 10 nitrogen and oxygen atoms in total. The first-order valence-electron chi connectivity index (χ1n) is 12.3. The van der Waals surface area contributed by atoms with Crippen LogP contribution in [0.25, 0.3) is 0 Å². The van der Waals surface area contributed by atoms with Crippen molar-refractivity contribution in [1.82, 2.24) is 0 Å². The van der Waals surface area contributed by atoms with Crippen LogP contribution in [0.4, 0.5) is 0 Å². The third-order valence-corrected chi connectivity index (χ3v) is 6.19. The van der Waals surface area contributed by atoms with Crippen LogP contribution in [0.5, 0.6) is 0 Å². The van der Waals surface area contributed by atoms with Crippen LogP contribution in [0.15, 0.2) is 11.5 Å². The summed E-state index contributed by atoms with van der Waals surface area (Å²) in [5.41, 5.74) is 0. The molecule has 0 saturated carbocycles. The number of hydrogen-bond donors (Lipinski definition) is 4. The molecule has 1 rings (SSSR count). The zero-order valence-corrected chi connectivity index (χ0v) is 21.2. The molecule has 11 heteroatoms. The Balaban J connectivity index is 2.58. The van der Waals surface area contributed by atoms with Gasteiger partial charge in [-0.2, -0.15) is 0 Å². The van der Waals surface area contributed by atoms with Gasteiger partial charge in [-0.3, -0.25) is 14.6 Å². The molecule has 0 fully saturated rings. The van der Waals surface area contributed by atoms with Gasteiger partial charge in [-0.25, -0.2) is 9.36 Å². The van der Waals surface area contributed by atoms with E-state index in [4.69, 9.17) is 19.3 Å². The van der Waals surface area contributed by atoms with Crippen LogP contribution in [0, 0.1) is 5.92 Å². The number of aliphatic hydroxyl groups excluding tert-OH is 2. The summed E-state index contributed by atoms with van der Waals surface area (Å²) in [4.78, 5) is 42.0. The molecule has 0 aromatic heterocycles. The number of esters is 2. The molecule has 1 heterocycles. The molecule has 0 aromatic rings. The van der Waals surface area contributed by atoms with Crippen LogP contribution in [-0.2, 0) is 28.2 Å². The quantitative estimate of drug-likeness (QED) is 0.112. The van der Waals surface area contributed by atoms with E-state index in [1.54, 1.807) is 0 Å². The van der Waals surface area contributed by atoms with Gasteiger partial charge in [0.2, 0.25) is 0 Å². The second-order valence-electron chi connectivity index (χ2n) is 8.78. The van der Waals surface area contributed by atoms with Crippen LogP contribution in [-0.4, -0.2) is 50.8 Å². The third-order valence-electron chi connectivity index (χ3n) is 5.77. The number of phosphoric acid groups is 1. The number of cyclic esters (lactones) is 1. The van der Waals surface area contributed by atoms with Crippen LogP contribution in [0.3, 0.4) is 0 Å². The maximum Gasteiger partial charge on any atom is 0.525 e. The lowest BCUT2D eigenvalue weighted by Gasteiger charge is -2.20. The third kappa shape index (κ3) is 11.7. The van der Waals surface area contributed by atoms with E-state index in [1.807, 2.05) is 0 Å². The molecule has 2 unspecified atom stereocenters. The van der Waals surface area contributed by atoms with E-state index in [0.29, 0.717) is 12.8 Å². The van der Waals surface area contributed by atoms with Crippen molar-refractivity contribution in [2.45, 2.75) is 110 Å². The van der Waals surface area contributed by atoms with E-state index in [-0.39, 0.29) is 5.92 Å². The predicted octanol–water partition coefficient (Wildman–Crippen LogP) is 4.42. The van der Waals surface area contributed by atoms with Crippen molar-refractivity contribution in [3.05, 3.63) is 11.5 Å². The van der Waals surface area contributed by atoms with Crippen LogP contribution in [0.1, 0.15) is 97.3 Å². The average Bonchev–Trinajstić information content (AvgIpc) is 3.05. The minimum absolute atomic E-state index is 0.302. The number of unbranched alkanes of at least 4 members (excludes halogenated alkanes) is 9. The van der Waals surface area contributed by atoms with Gasteiger partial charge >= 0.3 is 19.8 Å². The molecule has 0 bridgehead atoms. The molecule has 34 heavy (non-hydrogen) atoms. The Kier molecular flexibility index (Phi) is 14.4. The Morgan fingerprint density at radius 2 is 1.47 bits per heavy atom. The molecule has 198 valence electrons. The van der Waals surface area contributed by atoms with Gasteiger partial charge in [0.05, 0.1) is 5.92 Å². The summed E-state index contributed by atoms with van der Waals surface area (Å²) in [6, 6.07) is 0. The molecule has 1 aliphatic rings. The Labute approximate surface area is 201 Å². The Morgan fingerprint density at radius 1 is 0.971 bits per heavy atom. The Morgan fingerprint density at radius 3 is 2.00 bits per heavy atom. The fraction of sp³-hybridized carbons (Fsp3) is 0.826. The smallest absolute Gasteiger partial charge is 0.505 e. The molecule has 0 aromatic carbocycles. The predicted molar refractivity (Wildman–Crippen MR) is 124 cm³/mol. The van der Waals surface area contributed by atoms with Gasteiger partial charge in [-0.15, -0.1) is 0 Å². The van der Waals surface area contributed by atoms with E-state index in [2.05, 4.69) is 18.4 Å². The molecule has 0 radical (unpaired) electrons. The molecule has 0 aliphatic carbocycles.